The van der Waals surface area contributed by atoms with Crippen molar-refractivity contribution in [2.24, 2.45) is 0 Å². The van der Waals surface area contributed by atoms with E-state index in [1.807, 2.05) is 0 Å². The van der Waals surface area contributed by atoms with Crippen LogP contribution in [-0.4, -0.2) is 25.1 Å². The maximum absolute atomic E-state index is 11.4. The van der Waals surface area contributed by atoms with Gasteiger partial charge in [-0.3, -0.25) is 14.9 Å². The van der Waals surface area contributed by atoms with Crippen LogP contribution in [0.5, 0.6) is 17.2 Å². The second-order valence-corrected chi connectivity index (χ2v) is 5.27. The van der Waals surface area contributed by atoms with E-state index >= 15 is 0 Å². The molecule has 132 valence electrons. The van der Waals surface area contributed by atoms with Crippen LogP contribution in [0, 0.1) is 17.0 Å². The molecule has 0 unspecified atom stereocenters. The first-order valence-corrected chi connectivity index (χ1v) is 7.31. The summed E-state index contributed by atoms with van der Waals surface area (Å²) in [5, 5.41) is 11.2. The van der Waals surface area contributed by atoms with E-state index < -0.39 is 4.92 Å². The van der Waals surface area contributed by atoms with Gasteiger partial charge in [0.05, 0.1) is 25.6 Å². The smallest absolute Gasteiger partial charge is 0.313 e. The summed E-state index contributed by atoms with van der Waals surface area (Å²) in [5.74, 6) is 0.282. The SMILES string of the molecule is COC(=O)Cc1ccc(Oc2cc(C)c(N)cc2[N+](=O)[O-])c(OC)c1. The van der Waals surface area contributed by atoms with Crippen molar-refractivity contribution < 1.29 is 23.9 Å². The highest BCUT2D eigenvalue weighted by Crippen LogP contribution is 2.38. The molecule has 25 heavy (non-hydrogen) atoms. The molecule has 0 fully saturated rings. The van der Waals surface area contributed by atoms with Gasteiger partial charge < -0.3 is 19.9 Å². The van der Waals surface area contributed by atoms with Crippen LogP contribution in [0.15, 0.2) is 30.3 Å². The van der Waals surface area contributed by atoms with Crippen LogP contribution in [0.1, 0.15) is 11.1 Å². The van der Waals surface area contributed by atoms with Crippen LogP contribution in [0.25, 0.3) is 0 Å². The summed E-state index contributed by atoms with van der Waals surface area (Å²) in [7, 11) is 2.74. The number of nitrogens with zero attached hydrogens (tertiary/aromatic N) is 1. The molecular formula is C17H18N2O6. The number of nitrogens with two attached hydrogens (primary N) is 1. The van der Waals surface area contributed by atoms with Gasteiger partial charge in [-0.25, -0.2) is 0 Å². The largest absolute Gasteiger partial charge is 0.493 e. The molecule has 0 radical (unpaired) electrons. The highest BCUT2D eigenvalue weighted by Gasteiger charge is 2.20. The second-order valence-electron chi connectivity index (χ2n) is 5.27. The molecule has 2 aromatic carbocycles. The molecule has 0 aromatic heterocycles. The molecule has 0 spiro atoms. The summed E-state index contributed by atoms with van der Waals surface area (Å²) >= 11 is 0. The summed E-state index contributed by atoms with van der Waals surface area (Å²) in [6.45, 7) is 1.72. The molecule has 8 heteroatoms. The van der Waals surface area contributed by atoms with Gasteiger partial charge in [0.1, 0.15) is 0 Å². The maximum atomic E-state index is 11.4. The summed E-state index contributed by atoms with van der Waals surface area (Å²) in [6, 6.07) is 7.59. The minimum Gasteiger partial charge on any atom is -0.493 e. The zero-order valence-corrected chi connectivity index (χ0v) is 14.1. The van der Waals surface area contributed by atoms with Gasteiger partial charge in [-0.15, -0.1) is 0 Å². The molecule has 0 bridgehead atoms. The topological polar surface area (TPSA) is 114 Å². The van der Waals surface area contributed by atoms with Gasteiger partial charge in [0.25, 0.3) is 0 Å². The fourth-order valence-electron chi connectivity index (χ4n) is 2.17. The minimum absolute atomic E-state index is 0.0516. The number of hydrogen-bond acceptors (Lipinski definition) is 7. The fraction of sp³-hybridized carbons (Fsp3) is 0.235. The van der Waals surface area contributed by atoms with Crippen LogP contribution in [0.3, 0.4) is 0 Å². The summed E-state index contributed by atoms with van der Waals surface area (Å²) in [4.78, 5) is 22.0. The van der Waals surface area contributed by atoms with E-state index in [-0.39, 0.29) is 29.6 Å². The van der Waals surface area contributed by atoms with Crippen LogP contribution < -0.4 is 15.2 Å². The van der Waals surface area contributed by atoms with Crippen LogP contribution in [-0.2, 0) is 16.0 Å². The molecule has 8 nitrogen and oxygen atoms in total. The molecule has 0 heterocycles. The number of nitro benzene ring substituents is 1. The molecule has 0 aliphatic rings. The molecule has 0 amide bonds. The number of ether oxygens (including phenoxy) is 3. The fourth-order valence-corrected chi connectivity index (χ4v) is 2.17. The van der Waals surface area contributed by atoms with Crippen molar-refractivity contribution in [1.29, 1.82) is 0 Å². The third-order valence-corrected chi connectivity index (χ3v) is 3.57. The molecule has 2 aromatic rings. The van der Waals surface area contributed by atoms with Crippen molar-refractivity contribution in [2.75, 3.05) is 20.0 Å². The van der Waals surface area contributed by atoms with E-state index in [4.69, 9.17) is 15.2 Å². The number of anilines is 1. The van der Waals surface area contributed by atoms with Gasteiger partial charge >= 0.3 is 11.7 Å². The Hall–Kier alpha value is -3.29. The van der Waals surface area contributed by atoms with Gasteiger partial charge in [-0.1, -0.05) is 6.07 Å². The molecule has 2 rings (SSSR count). The predicted octanol–water partition coefficient (Wildman–Crippen LogP) is 3.00. The Kier molecular flexibility index (Phi) is 5.43. The highest BCUT2D eigenvalue weighted by atomic mass is 16.6. The number of nitrogen functional groups attached to an aromatic ring is 1. The lowest BCUT2D eigenvalue weighted by Gasteiger charge is -2.13. The van der Waals surface area contributed by atoms with E-state index in [1.54, 1.807) is 25.1 Å². The van der Waals surface area contributed by atoms with Crippen molar-refractivity contribution in [3.05, 3.63) is 51.6 Å². The first-order valence-electron chi connectivity index (χ1n) is 7.31. The predicted molar refractivity (Wildman–Crippen MR) is 91.0 cm³/mol. The first kappa shape index (κ1) is 18.1. The monoisotopic (exact) mass is 346 g/mol. The van der Waals surface area contributed by atoms with Crippen molar-refractivity contribution >= 4 is 17.3 Å². The lowest BCUT2D eigenvalue weighted by molar-refractivity contribution is -0.385. The van der Waals surface area contributed by atoms with Gasteiger partial charge in [0.2, 0.25) is 5.75 Å². The Labute approximate surface area is 144 Å². The Morgan fingerprint density at radius 2 is 1.88 bits per heavy atom. The van der Waals surface area contributed by atoms with E-state index in [2.05, 4.69) is 4.74 Å². The van der Waals surface area contributed by atoms with Crippen molar-refractivity contribution in [2.45, 2.75) is 13.3 Å². The Balaban J connectivity index is 2.39. The average Bonchev–Trinajstić information content (AvgIpc) is 2.58. The molecule has 2 N–H and O–H groups in total. The van der Waals surface area contributed by atoms with Gasteiger partial charge in [-0.05, 0) is 36.2 Å². The third kappa shape index (κ3) is 4.17. The van der Waals surface area contributed by atoms with E-state index in [1.165, 1.54) is 26.4 Å². The van der Waals surface area contributed by atoms with Crippen LogP contribution in [0.4, 0.5) is 11.4 Å². The highest BCUT2D eigenvalue weighted by molar-refractivity contribution is 5.72. The van der Waals surface area contributed by atoms with Gasteiger partial charge in [0.15, 0.2) is 11.5 Å². The van der Waals surface area contributed by atoms with E-state index in [0.29, 0.717) is 22.6 Å². The number of benzene rings is 2. The zero-order valence-electron chi connectivity index (χ0n) is 14.1. The number of methoxy groups -OCH3 is 2. The first-order chi connectivity index (χ1) is 11.8. The normalized spacial score (nSPS) is 10.2. The lowest BCUT2D eigenvalue weighted by atomic mass is 10.1. The molecule has 0 atom stereocenters. The quantitative estimate of drug-likeness (QED) is 0.370. The Bertz CT molecular complexity index is 819. The Morgan fingerprint density at radius 3 is 2.48 bits per heavy atom. The third-order valence-electron chi connectivity index (χ3n) is 3.57. The number of aryl methyl sites for hydroxylation is 1. The zero-order chi connectivity index (χ0) is 18.6. The standard InChI is InChI=1S/C17H18N2O6/c1-10-6-15(13(19(21)22)9-12(10)18)25-14-5-4-11(7-16(14)23-2)8-17(20)24-3/h4-7,9H,8,18H2,1-3H3. The number of rotatable bonds is 6. The van der Waals surface area contributed by atoms with Crippen molar-refractivity contribution in [3.63, 3.8) is 0 Å². The van der Waals surface area contributed by atoms with Crippen molar-refractivity contribution in [1.82, 2.24) is 0 Å². The molecule has 0 aliphatic heterocycles. The summed E-state index contributed by atoms with van der Waals surface area (Å²) in [5.41, 5.74) is 7.11. The molecule has 0 saturated carbocycles. The van der Waals surface area contributed by atoms with Crippen molar-refractivity contribution in [3.8, 4) is 17.2 Å². The maximum Gasteiger partial charge on any atom is 0.313 e. The summed E-state index contributed by atoms with van der Waals surface area (Å²) in [6.07, 6.45) is 0.0776. The number of esters is 1. The molecular weight excluding hydrogens is 328 g/mol. The van der Waals surface area contributed by atoms with Gasteiger partial charge in [-0.2, -0.15) is 0 Å². The minimum atomic E-state index is -0.566. The van der Waals surface area contributed by atoms with Crippen LogP contribution >= 0.6 is 0 Å². The number of nitro groups is 1. The second kappa shape index (κ2) is 7.52. The van der Waals surface area contributed by atoms with E-state index in [0.717, 1.165) is 0 Å². The number of carbonyl (C=O) groups is 1. The van der Waals surface area contributed by atoms with Crippen LogP contribution in [0.2, 0.25) is 0 Å². The average molecular weight is 346 g/mol. The summed E-state index contributed by atoms with van der Waals surface area (Å²) < 4.78 is 15.6. The number of hydrogen-bond donors (Lipinski definition) is 1. The molecule has 0 saturated heterocycles. The van der Waals surface area contributed by atoms with E-state index in [9.17, 15) is 14.9 Å². The molecule has 0 aliphatic carbocycles. The number of carbonyl (C=O) groups excluding carboxylic acids is 1. The van der Waals surface area contributed by atoms with Gasteiger partial charge in [0, 0.05) is 11.8 Å². The lowest BCUT2D eigenvalue weighted by Crippen LogP contribution is -2.05. The Morgan fingerprint density at radius 1 is 1.16 bits per heavy atom.